The summed E-state index contributed by atoms with van der Waals surface area (Å²) in [5.41, 5.74) is 7.41. The first kappa shape index (κ1) is 24.0. The zero-order valence-electron chi connectivity index (χ0n) is 23.3. The van der Waals surface area contributed by atoms with E-state index in [2.05, 4.69) is 168 Å². The Balaban J connectivity index is 1.17. The van der Waals surface area contributed by atoms with Gasteiger partial charge >= 0.3 is 0 Å². The van der Waals surface area contributed by atoms with Crippen LogP contribution in [0.5, 0.6) is 0 Å². The van der Waals surface area contributed by atoms with Crippen molar-refractivity contribution in [3.8, 4) is 11.4 Å². The maximum atomic E-state index is 2.46. The highest BCUT2D eigenvalue weighted by Crippen LogP contribution is 2.33. The van der Waals surface area contributed by atoms with Gasteiger partial charge in [-0.2, -0.15) is 0 Å². The van der Waals surface area contributed by atoms with Crippen molar-refractivity contribution in [2.45, 2.75) is 13.1 Å². The van der Waals surface area contributed by atoms with Crippen molar-refractivity contribution in [1.82, 2.24) is 9.13 Å². The SMILES string of the molecule is C[Si](C)(c1ccc(-n2c3ccccc3c3ccccc32)cc1)c1ccc(-n2c3ccccc3c3ccccc32)cc1. The van der Waals surface area contributed by atoms with Gasteiger partial charge in [0.2, 0.25) is 0 Å². The van der Waals surface area contributed by atoms with Crippen LogP contribution in [0.1, 0.15) is 0 Å². The predicted molar refractivity (Wildman–Crippen MR) is 178 cm³/mol. The van der Waals surface area contributed by atoms with E-state index in [9.17, 15) is 0 Å². The summed E-state index contributed by atoms with van der Waals surface area (Å²) in [6.07, 6.45) is 0. The molecule has 0 bridgehead atoms. The second kappa shape index (κ2) is 9.08. The van der Waals surface area contributed by atoms with Crippen LogP contribution >= 0.6 is 0 Å². The fourth-order valence-electron chi connectivity index (χ4n) is 6.62. The molecule has 0 amide bonds. The maximum Gasteiger partial charge on any atom is 0.112 e. The second-order valence-corrected chi connectivity index (χ2v) is 15.9. The molecule has 0 radical (unpaired) electrons. The predicted octanol–water partition coefficient (Wildman–Crippen LogP) is 8.70. The van der Waals surface area contributed by atoms with Crippen molar-refractivity contribution in [2.75, 3.05) is 0 Å². The van der Waals surface area contributed by atoms with E-state index in [1.54, 1.807) is 0 Å². The van der Waals surface area contributed by atoms with Crippen molar-refractivity contribution in [3.05, 3.63) is 146 Å². The number of para-hydroxylation sites is 4. The molecule has 6 aromatic carbocycles. The van der Waals surface area contributed by atoms with Crippen LogP contribution in [-0.4, -0.2) is 17.2 Å². The molecule has 0 spiro atoms. The van der Waals surface area contributed by atoms with Crippen molar-refractivity contribution in [3.63, 3.8) is 0 Å². The fraction of sp³-hybridized carbons (Fsp3) is 0.0526. The van der Waals surface area contributed by atoms with Gasteiger partial charge in [0, 0.05) is 32.9 Å². The van der Waals surface area contributed by atoms with Crippen molar-refractivity contribution < 1.29 is 0 Å². The minimum atomic E-state index is -1.90. The summed E-state index contributed by atoms with van der Waals surface area (Å²) in [5.74, 6) is 0. The summed E-state index contributed by atoms with van der Waals surface area (Å²) in [7, 11) is -1.90. The first-order chi connectivity index (χ1) is 20.1. The Labute approximate surface area is 240 Å². The highest BCUT2D eigenvalue weighted by Gasteiger charge is 2.26. The monoisotopic (exact) mass is 542 g/mol. The Bertz CT molecular complexity index is 1950. The van der Waals surface area contributed by atoms with Gasteiger partial charge in [0.1, 0.15) is 8.07 Å². The Morgan fingerprint density at radius 1 is 0.341 bits per heavy atom. The van der Waals surface area contributed by atoms with Crippen LogP contribution in [-0.2, 0) is 0 Å². The quantitative estimate of drug-likeness (QED) is 0.197. The molecule has 8 aromatic rings. The molecule has 0 unspecified atom stereocenters. The minimum Gasteiger partial charge on any atom is -0.309 e. The summed E-state index contributed by atoms with van der Waals surface area (Å²) >= 11 is 0. The lowest BCUT2D eigenvalue weighted by molar-refractivity contribution is 1.18. The van der Waals surface area contributed by atoms with E-state index in [1.165, 1.54) is 65.4 Å². The molecule has 0 saturated heterocycles. The zero-order valence-corrected chi connectivity index (χ0v) is 24.3. The van der Waals surface area contributed by atoms with Crippen LogP contribution in [0.4, 0.5) is 0 Å². The molecule has 0 fully saturated rings. The Hall–Kier alpha value is -4.86. The molecule has 2 nitrogen and oxygen atoms in total. The molecule has 0 aliphatic carbocycles. The van der Waals surface area contributed by atoms with Crippen molar-refractivity contribution in [2.24, 2.45) is 0 Å². The van der Waals surface area contributed by atoms with Crippen LogP contribution < -0.4 is 10.4 Å². The maximum absolute atomic E-state index is 2.46. The van der Waals surface area contributed by atoms with Gasteiger partial charge in [-0.15, -0.1) is 0 Å². The number of aromatic nitrogens is 2. The van der Waals surface area contributed by atoms with Gasteiger partial charge in [-0.25, -0.2) is 0 Å². The van der Waals surface area contributed by atoms with Crippen molar-refractivity contribution >= 4 is 62.1 Å². The third-order valence-corrected chi connectivity index (χ3v) is 12.4. The standard InChI is InChI=1S/C38H30N2Si/c1-41(2,29-23-19-27(20-24-29)39-35-15-7-3-11-31(35)32-12-4-8-16-36(32)39)30-25-21-28(22-26-30)40-37-17-9-5-13-33(37)34-14-6-10-18-38(34)40/h3-26H,1-2H3. The molecule has 0 aliphatic heterocycles. The first-order valence-corrected chi connectivity index (χ1v) is 17.3. The van der Waals surface area contributed by atoms with Crippen LogP contribution in [0.3, 0.4) is 0 Å². The molecular weight excluding hydrogens is 513 g/mol. The average Bonchev–Trinajstić information content (AvgIpc) is 3.54. The second-order valence-electron chi connectivity index (χ2n) is 11.5. The van der Waals surface area contributed by atoms with Gasteiger partial charge in [-0.05, 0) is 48.5 Å². The number of benzene rings is 6. The van der Waals surface area contributed by atoms with E-state index in [0.717, 1.165) is 0 Å². The fourth-order valence-corrected chi connectivity index (χ4v) is 8.96. The molecule has 0 N–H and O–H groups in total. The summed E-state index contributed by atoms with van der Waals surface area (Å²) in [6.45, 7) is 4.91. The van der Waals surface area contributed by atoms with Gasteiger partial charge in [-0.1, -0.05) is 121 Å². The largest absolute Gasteiger partial charge is 0.309 e. The lowest BCUT2D eigenvalue weighted by atomic mass is 10.2. The summed E-state index contributed by atoms with van der Waals surface area (Å²) in [4.78, 5) is 0. The minimum absolute atomic E-state index is 1.21. The van der Waals surface area contributed by atoms with E-state index in [4.69, 9.17) is 0 Å². The number of hydrogen-bond acceptors (Lipinski definition) is 0. The molecule has 2 aromatic heterocycles. The molecule has 2 heterocycles. The van der Waals surface area contributed by atoms with Gasteiger partial charge < -0.3 is 9.13 Å². The third-order valence-electron chi connectivity index (χ3n) is 8.85. The average molecular weight is 543 g/mol. The van der Waals surface area contributed by atoms with E-state index in [1.807, 2.05) is 0 Å². The Morgan fingerprint density at radius 3 is 0.902 bits per heavy atom. The third kappa shape index (κ3) is 3.63. The summed E-state index contributed by atoms with van der Waals surface area (Å²) in [6, 6.07) is 53.4. The van der Waals surface area contributed by atoms with Crippen LogP contribution in [0.15, 0.2) is 146 Å². The van der Waals surface area contributed by atoms with E-state index >= 15 is 0 Å². The van der Waals surface area contributed by atoms with Gasteiger partial charge in [-0.3, -0.25) is 0 Å². The zero-order chi connectivity index (χ0) is 27.6. The number of hydrogen-bond donors (Lipinski definition) is 0. The van der Waals surface area contributed by atoms with Crippen LogP contribution in [0, 0.1) is 0 Å². The summed E-state index contributed by atoms with van der Waals surface area (Å²) in [5, 5.41) is 8.06. The highest BCUT2D eigenvalue weighted by atomic mass is 28.3. The highest BCUT2D eigenvalue weighted by molar-refractivity contribution is 7.00. The number of nitrogens with zero attached hydrogens (tertiary/aromatic N) is 2. The molecule has 0 atom stereocenters. The van der Waals surface area contributed by atoms with E-state index < -0.39 is 8.07 Å². The lowest BCUT2D eigenvalue weighted by Crippen LogP contribution is -2.52. The normalized spacial score (nSPS) is 12.1. The van der Waals surface area contributed by atoms with Gasteiger partial charge in [0.15, 0.2) is 0 Å². The molecular formula is C38H30N2Si. The van der Waals surface area contributed by atoms with Crippen LogP contribution in [0.25, 0.3) is 55.0 Å². The number of rotatable bonds is 4. The molecule has 196 valence electrons. The topological polar surface area (TPSA) is 9.86 Å². The van der Waals surface area contributed by atoms with E-state index in [0.29, 0.717) is 0 Å². The number of fused-ring (bicyclic) bond motifs is 6. The Morgan fingerprint density at radius 2 is 0.610 bits per heavy atom. The van der Waals surface area contributed by atoms with Gasteiger partial charge in [0.05, 0.1) is 22.1 Å². The molecule has 3 heteroatoms. The summed E-state index contributed by atoms with van der Waals surface area (Å²) < 4.78 is 4.78. The van der Waals surface area contributed by atoms with Gasteiger partial charge in [0.25, 0.3) is 0 Å². The molecule has 41 heavy (non-hydrogen) atoms. The molecule has 8 rings (SSSR count). The molecule has 0 aliphatic rings. The first-order valence-electron chi connectivity index (χ1n) is 14.3. The molecule has 0 saturated carbocycles. The Kier molecular flexibility index (Phi) is 5.31. The van der Waals surface area contributed by atoms with E-state index in [-0.39, 0.29) is 0 Å². The van der Waals surface area contributed by atoms with Crippen LogP contribution in [0.2, 0.25) is 13.1 Å². The lowest BCUT2D eigenvalue weighted by Gasteiger charge is -2.24. The van der Waals surface area contributed by atoms with Crippen molar-refractivity contribution in [1.29, 1.82) is 0 Å². The smallest absolute Gasteiger partial charge is 0.112 e.